The van der Waals surface area contributed by atoms with E-state index in [2.05, 4.69) is 4.74 Å². The van der Waals surface area contributed by atoms with Gasteiger partial charge < -0.3 is 4.74 Å². The van der Waals surface area contributed by atoms with Crippen molar-refractivity contribution in [2.24, 2.45) is 0 Å². The van der Waals surface area contributed by atoms with E-state index in [0.29, 0.717) is 6.42 Å². The third kappa shape index (κ3) is 1.72. The topological polar surface area (TPSA) is 43.4 Å². The van der Waals surface area contributed by atoms with E-state index in [9.17, 15) is 9.59 Å². The molecular weight excluding hydrogens is 236 g/mol. The van der Waals surface area contributed by atoms with Gasteiger partial charge in [-0.1, -0.05) is 11.6 Å². The number of ketones is 1. The van der Waals surface area contributed by atoms with Gasteiger partial charge in [0, 0.05) is 17.1 Å². The number of carbonyl (C=O) groups excluding carboxylic acids is 2. The molecule has 0 saturated heterocycles. The second kappa shape index (κ2) is 4.02. The molecule has 0 aromatic carbocycles. The first kappa shape index (κ1) is 10.8. The molecule has 0 aromatic heterocycles. The molecule has 1 heterocycles. The van der Waals surface area contributed by atoms with E-state index in [0.717, 1.165) is 22.7 Å². The summed E-state index contributed by atoms with van der Waals surface area (Å²) in [5.74, 6) is 0.0694. The van der Waals surface area contributed by atoms with Crippen LogP contribution in [0.2, 0.25) is 0 Å². The highest BCUT2D eigenvalue weighted by atomic mass is 35.5. The Kier molecular flexibility index (Phi) is 2.89. The number of ether oxygens (including phenoxy) is 1. The van der Waals surface area contributed by atoms with Crippen LogP contribution in [0.1, 0.15) is 12.8 Å². The second-order valence-electron chi connectivity index (χ2n) is 3.31. The molecule has 0 spiro atoms. The fourth-order valence-electron chi connectivity index (χ4n) is 1.70. The molecule has 0 radical (unpaired) electrons. The number of halogens is 1. The average Bonchev–Trinajstić information content (AvgIpc) is 2.65. The van der Waals surface area contributed by atoms with Crippen LogP contribution in [0.15, 0.2) is 21.1 Å². The Bertz CT molecular complexity index is 409. The lowest BCUT2D eigenvalue weighted by molar-refractivity contribution is -0.137. The van der Waals surface area contributed by atoms with Gasteiger partial charge in [-0.3, -0.25) is 4.79 Å². The molecule has 2 aliphatic rings. The molecule has 0 N–H and O–H groups in total. The van der Waals surface area contributed by atoms with Crippen LogP contribution in [-0.2, 0) is 14.3 Å². The van der Waals surface area contributed by atoms with Gasteiger partial charge in [0.1, 0.15) is 5.57 Å². The Morgan fingerprint density at radius 2 is 2.27 bits per heavy atom. The highest BCUT2D eigenvalue weighted by Gasteiger charge is 2.33. The van der Waals surface area contributed by atoms with Crippen LogP contribution < -0.4 is 0 Å². The van der Waals surface area contributed by atoms with E-state index in [1.165, 1.54) is 7.11 Å². The first-order valence-electron chi connectivity index (χ1n) is 4.51. The number of rotatable bonds is 1. The van der Waals surface area contributed by atoms with Crippen molar-refractivity contribution in [2.75, 3.05) is 12.9 Å². The van der Waals surface area contributed by atoms with Crippen LogP contribution in [0, 0.1) is 0 Å². The maximum Gasteiger partial charge on any atom is 0.343 e. The minimum Gasteiger partial charge on any atom is -0.465 e. The molecule has 0 aromatic rings. The van der Waals surface area contributed by atoms with Gasteiger partial charge in [0.05, 0.1) is 12.1 Å². The summed E-state index contributed by atoms with van der Waals surface area (Å²) in [7, 11) is 1.25. The van der Waals surface area contributed by atoms with Gasteiger partial charge in [0.15, 0.2) is 5.78 Å². The number of allylic oxidation sites excluding steroid dienone is 2. The molecule has 3 nitrogen and oxygen atoms in total. The summed E-state index contributed by atoms with van der Waals surface area (Å²) < 4.78 is 4.55. The summed E-state index contributed by atoms with van der Waals surface area (Å²) in [5.41, 5.74) is 1.06. The first-order chi connectivity index (χ1) is 7.15. The number of hydrogen-bond donors (Lipinski definition) is 0. The van der Waals surface area contributed by atoms with Gasteiger partial charge >= 0.3 is 5.97 Å². The molecule has 5 heteroatoms. The third-order valence-electron chi connectivity index (χ3n) is 2.43. The van der Waals surface area contributed by atoms with Gasteiger partial charge in [-0.25, -0.2) is 4.79 Å². The summed E-state index contributed by atoms with van der Waals surface area (Å²) in [6.45, 7) is 0. The molecule has 0 amide bonds. The van der Waals surface area contributed by atoms with Crippen LogP contribution in [0.25, 0.3) is 0 Å². The summed E-state index contributed by atoms with van der Waals surface area (Å²) >= 11 is 7.63. The smallest absolute Gasteiger partial charge is 0.343 e. The number of methoxy groups -OCH3 is 1. The second-order valence-corrected chi connectivity index (χ2v) is 4.79. The predicted octanol–water partition coefficient (Wildman–Crippen LogP) is 2.02. The molecule has 1 aliphatic carbocycles. The van der Waals surface area contributed by atoms with Crippen molar-refractivity contribution in [1.29, 1.82) is 0 Å². The summed E-state index contributed by atoms with van der Waals surface area (Å²) in [6.07, 6.45) is 1.19. The van der Waals surface area contributed by atoms with Crippen LogP contribution in [0.5, 0.6) is 0 Å². The molecule has 0 unspecified atom stereocenters. The Morgan fingerprint density at radius 1 is 1.53 bits per heavy atom. The summed E-state index contributed by atoms with van der Waals surface area (Å²) in [5, 5.41) is 0.274. The molecular formula is C10H9ClO3S. The largest absolute Gasteiger partial charge is 0.465 e. The van der Waals surface area contributed by atoms with Crippen LogP contribution in [0.3, 0.4) is 0 Å². The monoisotopic (exact) mass is 244 g/mol. The van der Waals surface area contributed by atoms with E-state index in [1.807, 2.05) is 0 Å². The van der Waals surface area contributed by atoms with Gasteiger partial charge in [-0.2, -0.15) is 0 Å². The Labute approximate surface area is 96.5 Å². The molecule has 0 bridgehead atoms. The molecule has 0 atom stereocenters. The van der Waals surface area contributed by atoms with Crippen molar-refractivity contribution in [2.45, 2.75) is 12.8 Å². The Morgan fingerprint density at radius 3 is 2.93 bits per heavy atom. The normalized spacial score (nSPS) is 20.8. The van der Waals surface area contributed by atoms with Crippen molar-refractivity contribution in [3.63, 3.8) is 0 Å². The summed E-state index contributed by atoms with van der Waals surface area (Å²) in [4.78, 5) is 23.9. The number of Topliss-reactive ketones (excluding diaryl/α,β-unsaturated/α-hetero) is 1. The lowest BCUT2D eigenvalue weighted by Gasteiger charge is -2.15. The maximum absolute atomic E-state index is 11.7. The maximum atomic E-state index is 11.7. The number of hydrogen-bond acceptors (Lipinski definition) is 4. The third-order valence-corrected chi connectivity index (χ3v) is 4.11. The van der Waals surface area contributed by atoms with Gasteiger partial charge in [-0.05, 0) is 12.0 Å². The van der Waals surface area contributed by atoms with E-state index in [4.69, 9.17) is 11.6 Å². The zero-order valence-electron chi connectivity index (χ0n) is 8.13. The average molecular weight is 245 g/mol. The first-order valence-corrected chi connectivity index (χ1v) is 5.88. The zero-order chi connectivity index (χ0) is 11.0. The highest BCUT2D eigenvalue weighted by molar-refractivity contribution is 8.03. The predicted molar refractivity (Wildman–Crippen MR) is 58.6 cm³/mol. The van der Waals surface area contributed by atoms with E-state index < -0.39 is 5.97 Å². The van der Waals surface area contributed by atoms with Crippen molar-refractivity contribution in [3.05, 3.63) is 21.1 Å². The highest BCUT2D eigenvalue weighted by Crippen LogP contribution is 2.44. The molecule has 1 aliphatic heterocycles. The lowest BCUT2D eigenvalue weighted by Crippen LogP contribution is -2.19. The Hall–Kier alpha value is -0.740. The summed E-state index contributed by atoms with van der Waals surface area (Å²) in [6, 6.07) is 0. The molecule has 15 heavy (non-hydrogen) atoms. The minimum atomic E-state index is -0.635. The number of thioether (sulfide) groups is 1. The zero-order valence-corrected chi connectivity index (χ0v) is 9.70. The molecule has 80 valence electrons. The van der Waals surface area contributed by atoms with Gasteiger partial charge in [0.2, 0.25) is 0 Å². The SMILES string of the molecule is COC(=O)C1=C(Cl)C2=C(CCS2)CC1=O. The molecule has 0 saturated carbocycles. The van der Waals surface area contributed by atoms with Crippen molar-refractivity contribution in [3.8, 4) is 0 Å². The lowest BCUT2D eigenvalue weighted by atomic mass is 9.95. The van der Waals surface area contributed by atoms with Crippen LogP contribution in [0.4, 0.5) is 0 Å². The van der Waals surface area contributed by atoms with Crippen molar-refractivity contribution >= 4 is 35.1 Å². The molecule has 2 rings (SSSR count). The number of esters is 1. The van der Waals surface area contributed by atoms with Gasteiger partial charge in [-0.15, -0.1) is 11.8 Å². The fraction of sp³-hybridized carbons (Fsp3) is 0.400. The minimum absolute atomic E-state index is 0.00677. The van der Waals surface area contributed by atoms with Crippen LogP contribution >= 0.6 is 23.4 Å². The standard InChI is InChI=1S/C10H9ClO3S/c1-14-10(13)7-6(12)4-5-2-3-15-9(5)8(7)11/h2-4H2,1H3. The van der Waals surface area contributed by atoms with E-state index in [1.54, 1.807) is 11.8 Å². The van der Waals surface area contributed by atoms with Crippen LogP contribution in [-0.4, -0.2) is 24.6 Å². The molecule has 0 fully saturated rings. The fourth-order valence-corrected chi connectivity index (χ4v) is 3.34. The van der Waals surface area contributed by atoms with Crippen molar-refractivity contribution in [1.82, 2.24) is 0 Å². The number of carbonyl (C=O) groups is 2. The quantitative estimate of drug-likeness (QED) is 0.523. The Balaban J connectivity index is 2.46. The van der Waals surface area contributed by atoms with Crippen molar-refractivity contribution < 1.29 is 14.3 Å². The van der Waals surface area contributed by atoms with E-state index >= 15 is 0 Å². The van der Waals surface area contributed by atoms with Gasteiger partial charge in [0.25, 0.3) is 0 Å². The van der Waals surface area contributed by atoms with E-state index in [-0.39, 0.29) is 16.4 Å².